The van der Waals surface area contributed by atoms with Gasteiger partial charge in [-0.25, -0.2) is 23.1 Å². The summed E-state index contributed by atoms with van der Waals surface area (Å²) in [5.74, 6) is -0.689. The summed E-state index contributed by atoms with van der Waals surface area (Å²) in [4.78, 5) is 32.4. The lowest BCUT2D eigenvalue weighted by Crippen LogP contribution is -2.17. The molecule has 0 bridgehead atoms. The molecule has 0 radical (unpaired) electrons. The summed E-state index contributed by atoms with van der Waals surface area (Å²) in [6, 6.07) is 13.9. The second-order valence-corrected chi connectivity index (χ2v) is 8.34. The van der Waals surface area contributed by atoms with Crippen LogP contribution in [0.5, 0.6) is 0 Å². The number of Topliss-reactive ketones (excluding diaryl/α,β-unsaturated/α-hetero) is 1. The number of aryl methyl sites for hydroxylation is 2. The number of sulfonamides is 1. The first-order valence-electron chi connectivity index (χ1n) is 9.02. The fraction of sp³-hybridized carbons (Fsp3) is 0.143. The Hall–Kier alpha value is -3.59. The van der Waals surface area contributed by atoms with E-state index in [4.69, 9.17) is 0 Å². The molecule has 0 saturated carbocycles. The third kappa shape index (κ3) is 4.87. The molecule has 0 fully saturated rings. The Morgan fingerprint density at radius 1 is 0.867 bits per heavy atom. The lowest BCUT2D eigenvalue weighted by Gasteiger charge is -2.10. The minimum atomic E-state index is -3.89. The van der Waals surface area contributed by atoms with Gasteiger partial charge in [0.1, 0.15) is 0 Å². The van der Waals surface area contributed by atoms with E-state index in [-0.39, 0.29) is 22.2 Å². The number of rotatable bonds is 6. The van der Waals surface area contributed by atoms with Crippen molar-refractivity contribution in [1.29, 1.82) is 0 Å². The van der Waals surface area contributed by atoms with Gasteiger partial charge in [-0.05, 0) is 57.2 Å². The molecule has 0 aliphatic heterocycles. The van der Waals surface area contributed by atoms with E-state index in [9.17, 15) is 18.0 Å². The molecule has 1 heterocycles. The van der Waals surface area contributed by atoms with E-state index in [1.807, 2.05) is 0 Å². The number of ketones is 1. The third-order valence-electron chi connectivity index (χ3n) is 4.18. The molecule has 9 heteroatoms. The average Bonchev–Trinajstić information content (AvgIpc) is 2.67. The van der Waals surface area contributed by atoms with Crippen LogP contribution in [0, 0.1) is 13.8 Å². The molecular weight excluding hydrogens is 404 g/mol. The van der Waals surface area contributed by atoms with Crippen LogP contribution in [-0.2, 0) is 10.0 Å². The van der Waals surface area contributed by atoms with Crippen LogP contribution in [0.4, 0.5) is 11.6 Å². The first-order valence-corrected chi connectivity index (χ1v) is 10.5. The van der Waals surface area contributed by atoms with Crippen molar-refractivity contribution in [3.05, 3.63) is 77.1 Å². The molecule has 154 valence electrons. The zero-order valence-corrected chi connectivity index (χ0v) is 17.4. The number of nitrogens with zero attached hydrogens (tertiary/aromatic N) is 2. The fourth-order valence-corrected chi connectivity index (χ4v) is 3.80. The van der Waals surface area contributed by atoms with E-state index < -0.39 is 15.9 Å². The van der Waals surface area contributed by atoms with Gasteiger partial charge in [0.2, 0.25) is 5.95 Å². The highest BCUT2D eigenvalue weighted by Crippen LogP contribution is 2.18. The van der Waals surface area contributed by atoms with Gasteiger partial charge < -0.3 is 5.32 Å². The number of hydrogen-bond acceptors (Lipinski definition) is 6. The number of carbonyl (C=O) groups excluding carboxylic acids is 2. The van der Waals surface area contributed by atoms with E-state index >= 15 is 0 Å². The number of anilines is 2. The van der Waals surface area contributed by atoms with Crippen LogP contribution in [0.3, 0.4) is 0 Å². The molecule has 2 aromatic carbocycles. The summed E-state index contributed by atoms with van der Waals surface area (Å²) in [5, 5.41) is 2.67. The normalized spacial score (nSPS) is 11.0. The number of carbonyl (C=O) groups is 2. The van der Waals surface area contributed by atoms with Crippen molar-refractivity contribution < 1.29 is 18.0 Å². The molecule has 1 amide bonds. The molecule has 0 aliphatic carbocycles. The van der Waals surface area contributed by atoms with Crippen molar-refractivity contribution in [2.24, 2.45) is 0 Å². The van der Waals surface area contributed by atoms with Crippen molar-refractivity contribution in [3.8, 4) is 0 Å². The van der Waals surface area contributed by atoms with Crippen LogP contribution in [-0.4, -0.2) is 30.1 Å². The van der Waals surface area contributed by atoms with Crippen LogP contribution in [0.25, 0.3) is 0 Å². The Balaban J connectivity index is 1.77. The molecule has 0 saturated heterocycles. The summed E-state index contributed by atoms with van der Waals surface area (Å²) in [7, 11) is -3.89. The van der Waals surface area contributed by atoms with Gasteiger partial charge >= 0.3 is 0 Å². The van der Waals surface area contributed by atoms with Gasteiger partial charge in [-0.3, -0.25) is 9.59 Å². The van der Waals surface area contributed by atoms with E-state index in [0.717, 1.165) is 0 Å². The molecule has 0 unspecified atom stereocenters. The third-order valence-corrected chi connectivity index (χ3v) is 5.53. The Morgan fingerprint density at radius 3 is 2.00 bits per heavy atom. The monoisotopic (exact) mass is 424 g/mol. The summed E-state index contributed by atoms with van der Waals surface area (Å²) >= 11 is 0. The maximum Gasteiger partial charge on any atom is 0.264 e. The highest BCUT2D eigenvalue weighted by Gasteiger charge is 2.17. The van der Waals surface area contributed by atoms with Gasteiger partial charge in [-0.15, -0.1) is 0 Å². The number of nitrogens with one attached hydrogen (secondary N) is 2. The van der Waals surface area contributed by atoms with E-state index in [0.29, 0.717) is 22.6 Å². The standard InChI is InChI=1S/C21H20N4O4S/c1-13-12-14(2)23-21(22-13)25-30(28,29)17-10-8-16(9-11-17)24-20(27)19-7-5-4-6-18(19)15(3)26/h4-12H,1-3H3,(H,24,27)(H,22,23,25). The number of benzene rings is 2. The van der Waals surface area contributed by atoms with Crippen molar-refractivity contribution in [1.82, 2.24) is 9.97 Å². The lowest BCUT2D eigenvalue weighted by atomic mass is 10.0. The van der Waals surface area contributed by atoms with Gasteiger partial charge in [0, 0.05) is 22.6 Å². The molecule has 0 atom stereocenters. The topological polar surface area (TPSA) is 118 Å². The van der Waals surface area contributed by atoms with Crippen LogP contribution >= 0.6 is 0 Å². The van der Waals surface area contributed by atoms with Gasteiger partial charge in [-0.2, -0.15) is 0 Å². The van der Waals surface area contributed by atoms with Crippen LogP contribution in [0.2, 0.25) is 0 Å². The largest absolute Gasteiger partial charge is 0.322 e. The van der Waals surface area contributed by atoms with Crippen molar-refractivity contribution in [2.45, 2.75) is 25.7 Å². The Morgan fingerprint density at radius 2 is 1.43 bits per heavy atom. The number of hydrogen-bond donors (Lipinski definition) is 2. The summed E-state index contributed by atoms with van der Waals surface area (Å²) in [6.07, 6.45) is 0. The maximum absolute atomic E-state index is 12.6. The predicted molar refractivity (Wildman–Crippen MR) is 113 cm³/mol. The zero-order valence-electron chi connectivity index (χ0n) is 16.6. The first kappa shape index (κ1) is 21.1. The van der Waals surface area contributed by atoms with Crippen molar-refractivity contribution in [2.75, 3.05) is 10.0 Å². The molecular formula is C21H20N4O4S. The minimum absolute atomic E-state index is 0.00704. The zero-order chi connectivity index (χ0) is 21.9. The van der Waals surface area contributed by atoms with E-state index in [1.165, 1.54) is 31.2 Å². The SMILES string of the molecule is CC(=O)c1ccccc1C(=O)Nc1ccc(S(=O)(=O)Nc2nc(C)cc(C)n2)cc1. The first-order chi connectivity index (χ1) is 14.2. The molecule has 0 aliphatic rings. The summed E-state index contributed by atoms with van der Waals surface area (Å²) in [6.45, 7) is 4.88. The highest BCUT2D eigenvalue weighted by atomic mass is 32.2. The number of aromatic nitrogens is 2. The van der Waals surface area contributed by atoms with Gasteiger partial charge in [0.25, 0.3) is 15.9 Å². The van der Waals surface area contributed by atoms with Crippen molar-refractivity contribution in [3.63, 3.8) is 0 Å². The Bertz CT molecular complexity index is 1200. The maximum atomic E-state index is 12.6. The smallest absolute Gasteiger partial charge is 0.264 e. The van der Waals surface area contributed by atoms with Gasteiger partial charge in [-0.1, -0.05) is 18.2 Å². The molecule has 8 nitrogen and oxygen atoms in total. The molecule has 2 N–H and O–H groups in total. The van der Waals surface area contributed by atoms with E-state index in [2.05, 4.69) is 20.0 Å². The van der Waals surface area contributed by atoms with Gasteiger partial charge in [0.15, 0.2) is 5.78 Å². The molecule has 0 spiro atoms. The molecule has 1 aromatic heterocycles. The van der Waals surface area contributed by atoms with Crippen LogP contribution in [0.15, 0.2) is 59.5 Å². The van der Waals surface area contributed by atoms with E-state index in [1.54, 1.807) is 44.2 Å². The van der Waals surface area contributed by atoms with Crippen LogP contribution < -0.4 is 10.0 Å². The Labute approximate surface area is 174 Å². The number of amides is 1. The van der Waals surface area contributed by atoms with Gasteiger partial charge in [0.05, 0.1) is 10.5 Å². The van der Waals surface area contributed by atoms with Crippen LogP contribution in [0.1, 0.15) is 39.0 Å². The lowest BCUT2D eigenvalue weighted by molar-refractivity contribution is 0.0985. The second kappa shape index (κ2) is 8.42. The Kier molecular flexibility index (Phi) is 5.93. The summed E-state index contributed by atoms with van der Waals surface area (Å²) < 4.78 is 27.5. The summed E-state index contributed by atoms with van der Waals surface area (Å²) in [5.41, 5.74) is 2.23. The highest BCUT2D eigenvalue weighted by molar-refractivity contribution is 7.92. The predicted octanol–water partition coefficient (Wildman–Crippen LogP) is 3.35. The quantitative estimate of drug-likeness (QED) is 0.586. The molecule has 3 rings (SSSR count). The van der Waals surface area contributed by atoms with Crippen molar-refractivity contribution >= 4 is 33.3 Å². The second-order valence-electron chi connectivity index (χ2n) is 6.66. The fourth-order valence-electron chi connectivity index (χ4n) is 2.85. The average molecular weight is 424 g/mol. The molecule has 3 aromatic rings. The minimum Gasteiger partial charge on any atom is -0.322 e. The molecule has 30 heavy (non-hydrogen) atoms.